The Hall–Kier alpha value is -2.58. The summed E-state index contributed by atoms with van der Waals surface area (Å²) < 4.78 is 7.15. The average Bonchev–Trinajstić information content (AvgIpc) is 3.14. The van der Waals surface area contributed by atoms with Crippen molar-refractivity contribution in [2.24, 2.45) is 0 Å². The lowest BCUT2D eigenvalue weighted by atomic mass is 10.2. The van der Waals surface area contributed by atoms with Crippen LogP contribution >= 0.6 is 23.4 Å². The third-order valence-corrected chi connectivity index (χ3v) is 4.70. The molecule has 7 nitrogen and oxygen atoms in total. The summed E-state index contributed by atoms with van der Waals surface area (Å²) in [5, 5.41) is 15.7. The molecule has 0 saturated carbocycles. The molecule has 0 aliphatic heterocycles. The summed E-state index contributed by atoms with van der Waals surface area (Å²) >= 11 is 7.10. The Morgan fingerprint density at radius 1 is 1.26 bits per heavy atom. The van der Waals surface area contributed by atoms with Crippen molar-refractivity contribution in [1.82, 2.24) is 25.5 Å². The Labute approximate surface area is 166 Å². The molecule has 0 bridgehead atoms. The summed E-state index contributed by atoms with van der Waals surface area (Å²) in [6, 6.07) is 14.9. The molecule has 3 rings (SSSR count). The van der Waals surface area contributed by atoms with Gasteiger partial charge in [0.2, 0.25) is 11.1 Å². The van der Waals surface area contributed by atoms with Crippen LogP contribution < -0.4 is 10.1 Å². The summed E-state index contributed by atoms with van der Waals surface area (Å²) in [6.07, 6.45) is 0. The fourth-order valence-corrected chi connectivity index (χ4v) is 3.11. The quantitative estimate of drug-likeness (QED) is 0.460. The number of halogens is 1. The standard InChI is InChI=1S/C18H18ClN5O2S/c1-13-3-2-4-15(11-13)24-18(21-22-23-24)27-12-17(25)20-9-10-26-16-7-5-14(19)6-8-16/h2-8,11H,9-10,12H2,1H3,(H,20,25). The van der Waals surface area contributed by atoms with Gasteiger partial charge < -0.3 is 10.1 Å². The van der Waals surface area contributed by atoms with Crippen molar-refractivity contribution in [2.45, 2.75) is 12.1 Å². The lowest BCUT2D eigenvalue weighted by molar-refractivity contribution is -0.118. The highest BCUT2D eigenvalue weighted by atomic mass is 35.5. The molecule has 0 aliphatic rings. The van der Waals surface area contributed by atoms with Crippen LogP contribution in [0, 0.1) is 6.92 Å². The fourth-order valence-electron chi connectivity index (χ4n) is 2.26. The van der Waals surface area contributed by atoms with Crippen LogP contribution in [0.3, 0.4) is 0 Å². The molecule has 0 aliphatic carbocycles. The predicted octanol–water partition coefficient (Wildman–Crippen LogP) is 2.91. The van der Waals surface area contributed by atoms with Gasteiger partial charge in [-0.2, -0.15) is 4.68 Å². The van der Waals surface area contributed by atoms with E-state index in [0.717, 1.165) is 11.3 Å². The summed E-state index contributed by atoms with van der Waals surface area (Å²) in [6.45, 7) is 2.78. The summed E-state index contributed by atoms with van der Waals surface area (Å²) in [7, 11) is 0. The Balaban J connectivity index is 1.43. The van der Waals surface area contributed by atoms with Gasteiger partial charge in [-0.15, -0.1) is 5.10 Å². The molecule has 3 aromatic rings. The number of carbonyl (C=O) groups excluding carboxylic acids is 1. The average molecular weight is 404 g/mol. The van der Waals surface area contributed by atoms with Gasteiger partial charge in [0.25, 0.3) is 0 Å². The van der Waals surface area contributed by atoms with Crippen LogP contribution in [0.2, 0.25) is 5.02 Å². The summed E-state index contributed by atoms with van der Waals surface area (Å²) in [4.78, 5) is 12.0. The Morgan fingerprint density at radius 3 is 2.85 bits per heavy atom. The monoisotopic (exact) mass is 403 g/mol. The normalized spacial score (nSPS) is 10.6. The Morgan fingerprint density at radius 2 is 2.07 bits per heavy atom. The highest BCUT2D eigenvalue weighted by Crippen LogP contribution is 2.18. The highest BCUT2D eigenvalue weighted by molar-refractivity contribution is 7.99. The zero-order chi connectivity index (χ0) is 19.1. The number of amides is 1. The first kappa shape index (κ1) is 19.2. The number of benzene rings is 2. The number of hydrogen-bond donors (Lipinski definition) is 1. The molecule has 1 amide bonds. The van der Waals surface area contributed by atoms with Crippen molar-refractivity contribution in [3.05, 3.63) is 59.1 Å². The number of carbonyl (C=O) groups is 1. The van der Waals surface area contributed by atoms with Crippen LogP contribution in [0.5, 0.6) is 5.75 Å². The molecule has 1 heterocycles. The fraction of sp³-hybridized carbons (Fsp3) is 0.222. The van der Waals surface area contributed by atoms with Crippen LogP contribution in [0.1, 0.15) is 5.56 Å². The van der Waals surface area contributed by atoms with E-state index in [4.69, 9.17) is 16.3 Å². The van der Waals surface area contributed by atoms with Gasteiger partial charge >= 0.3 is 0 Å². The molecule has 0 radical (unpaired) electrons. The zero-order valence-electron chi connectivity index (χ0n) is 14.6. The molecule has 9 heteroatoms. The molecule has 0 saturated heterocycles. The maximum atomic E-state index is 12.0. The first-order valence-electron chi connectivity index (χ1n) is 8.25. The number of hydrogen-bond acceptors (Lipinski definition) is 6. The van der Waals surface area contributed by atoms with Crippen LogP contribution in [-0.4, -0.2) is 45.0 Å². The first-order valence-corrected chi connectivity index (χ1v) is 9.61. The van der Waals surface area contributed by atoms with Crippen LogP contribution in [0.15, 0.2) is 53.7 Å². The SMILES string of the molecule is Cc1cccc(-n2nnnc2SCC(=O)NCCOc2ccc(Cl)cc2)c1. The van der Waals surface area contributed by atoms with E-state index in [0.29, 0.717) is 29.1 Å². The Kier molecular flexibility index (Phi) is 6.67. The second-order valence-corrected chi connectivity index (χ2v) is 7.03. The van der Waals surface area contributed by atoms with E-state index in [9.17, 15) is 4.79 Å². The number of aromatic nitrogens is 4. The lowest BCUT2D eigenvalue weighted by Gasteiger charge is -2.08. The van der Waals surface area contributed by atoms with Crippen LogP contribution in [0.25, 0.3) is 5.69 Å². The maximum Gasteiger partial charge on any atom is 0.230 e. The first-order chi connectivity index (χ1) is 13.1. The van der Waals surface area contributed by atoms with Gasteiger partial charge in [-0.1, -0.05) is 35.5 Å². The number of nitrogens with zero attached hydrogens (tertiary/aromatic N) is 4. The van der Waals surface area contributed by atoms with Gasteiger partial charge in [0, 0.05) is 5.02 Å². The number of nitrogens with one attached hydrogen (secondary N) is 1. The molecular formula is C18H18ClN5O2S. The minimum absolute atomic E-state index is 0.113. The summed E-state index contributed by atoms with van der Waals surface area (Å²) in [5.41, 5.74) is 1.97. The van der Waals surface area contributed by atoms with Crippen molar-refractivity contribution in [3.8, 4) is 11.4 Å². The molecule has 2 aromatic carbocycles. The number of rotatable bonds is 8. The largest absolute Gasteiger partial charge is 0.492 e. The third kappa shape index (κ3) is 5.70. The van der Waals surface area contributed by atoms with Crippen molar-refractivity contribution >= 4 is 29.3 Å². The molecule has 140 valence electrons. The van der Waals surface area contributed by atoms with Crippen LogP contribution in [-0.2, 0) is 4.79 Å². The molecule has 27 heavy (non-hydrogen) atoms. The lowest BCUT2D eigenvalue weighted by Crippen LogP contribution is -2.29. The van der Waals surface area contributed by atoms with Crippen molar-refractivity contribution in [2.75, 3.05) is 18.9 Å². The van der Waals surface area contributed by atoms with Gasteiger partial charge in [0.1, 0.15) is 12.4 Å². The molecule has 0 unspecified atom stereocenters. The van der Waals surface area contributed by atoms with Gasteiger partial charge in [0.05, 0.1) is 18.0 Å². The van der Waals surface area contributed by atoms with E-state index in [-0.39, 0.29) is 11.7 Å². The topological polar surface area (TPSA) is 81.9 Å². The molecule has 0 spiro atoms. The van der Waals surface area contributed by atoms with E-state index in [1.165, 1.54) is 11.8 Å². The second-order valence-electron chi connectivity index (χ2n) is 5.65. The molecule has 0 atom stereocenters. The highest BCUT2D eigenvalue weighted by Gasteiger charge is 2.11. The predicted molar refractivity (Wildman–Crippen MR) is 105 cm³/mol. The zero-order valence-corrected chi connectivity index (χ0v) is 16.2. The third-order valence-electron chi connectivity index (χ3n) is 3.53. The van der Waals surface area contributed by atoms with Crippen molar-refractivity contribution in [1.29, 1.82) is 0 Å². The molecule has 0 fully saturated rings. The van der Waals surface area contributed by atoms with Crippen LogP contribution in [0.4, 0.5) is 0 Å². The van der Waals surface area contributed by atoms with Crippen molar-refractivity contribution < 1.29 is 9.53 Å². The number of tetrazole rings is 1. The minimum Gasteiger partial charge on any atom is -0.492 e. The van der Waals surface area contributed by atoms with E-state index in [1.807, 2.05) is 31.2 Å². The van der Waals surface area contributed by atoms with Gasteiger partial charge in [-0.05, 0) is 59.3 Å². The van der Waals surface area contributed by atoms with Gasteiger partial charge in [0.15, 0.2) is 0 Å². The maximum absolute atomic E-state index is 12.0. The van der Waals surface area contributed by atoms with Gasteiger partial charge in [-0.3, -0.25) is 4.79 Å². The number of ether oxygens (including phenoxy) is 1. The second kappa shape index (κ2) is 9.38. The van der Waals surface area contributed by atoms with E-state index < -0.39 is 0 Å². The smallest absolute Gasteiger partial charge is 0.230 e. The minimum atomic E-state index is -0.113. The molecule has 1 N–H and O–H groups in total. The number of thioether (sulfide) groups is 1. The van der Waals surface area contributed by atoms with Gasteiger partial charge in [-0.25, -0.2) is 0 Å². The number of aryl methyl sites for hydroxylation is 1. The van der Waals surface area contributed by atoms with E-state index in [1.54, 1.807) is 28.9 Å². The molecular weight excluding hydrogens is 386 g/mol. The summed E-state index contributed by atoms with van der Waals surface area (Å²) in [5.74, 6) is 0.812. The Bertz CT molecular complexity index is 901. The van der Waals surface area contributed by atoms with E-state index >= 15 is 0 Å². The molecule has 1 aromatic heterocycles. The van der Waals surface area contributed by atoms with Crippen molar-refractivity contribution in [3.63, 3.8) is 0 Å². The van der Waals surface area contributed by atoms with E-state index in [2.05, 4.69) is 20.8 Å².